The summed E-state index contributed by atoms with van der Waals surface area (Å²) >= 11 is 0. The molecule has 1 aliphatic rings. The van der Waals surface area contributed by atoms with Crippen molar-refractivity contribution in [3.8, 4) is 11.4 Å². The predicted molar refractivity (Wildman–Crippen MR) is 85.8 cm³/mol. The zero-order chi connectivity index (χ0) is 15.4. The minimum atomic E-state index is -0.318. The van der Waals surface area contributed by atoms with Gasteiger partial charge in [0.05, 0.1) is 12.3 Å². The summed E-state index contributed by atoms with van der Waals surface area (Å²) in [6, 6.07) is 9.92. The third-order valence-corrected chi connectivity index (χ3v) is 4.26. The Labute approximate surface area is 130 Å². The Morgan fingerprint density at radius 3 is 2.64 bits per heavy atom. The van der Waals surface area contributed by atoms with Gasteiger partial charge in [-0.25, -0.2) is 9.78 Å². The molecule has 2 aromatic rings. The van der Waals surface area contributed by atoms with E-state index < -0.39 is 0 Å². The molecule has 0 unspecified atom stereocenters. The molecule has 1 aliphatic carbocycles. The van der Waals surface area contributed by atoms with Crippen LogP contribution in [0.1, 0.15) is 61.1 Å². The predicted octanol–water partition coefficient (Wildman–Crippen LogP) is 4.30. The van der Waals surface area contributed by atoms with Crippen LogP contribution in [-0.2, 0) is 4.74 Å². The molecule has 1 fully saturated rings. The molecule has 3 rings (SSSR count). The molecule has 0 bridgehead atoms. The molecule has 1 saturated carbocycles. The fourth-order valence-corrected chi connectivity index (χ4v) is 3.16. The first kappa shape index (κ1) is 14.8. The Bertz CT molecular complexity index is 628. The van der Waals surface area contributed by atoms with E-state index in [1.807, 2.05) is 37.3 Å². The van der Waals surface area contributed by atoms with E-state index in [0.717, 1.165) is 29.9 Å². The van der Waals surface area contributed by atoms with Crippen molar-refractivity contribution < 1.29 is 9.53 Å². The summed E-state index contributed by atoms with van der Waals surface area (Å²) in [6.07, 6.45) is 5.94. The summed E-state index contributed by atoms with van der Waals surface area (Å²) in [5.74, 6) is 0.823. The number of hydrogen-bond acceptors (Lipinski definition) is 3. The van der Waals surface area contributed by atoms with Crippen LogP contribution in [0.2, 0.25) is 0 Å². The summed E-state index contributed by atoms with van der Waals surface area (Å²) in [5.41, 5.74) is 2.42. The summed E-state index contributed by atoms with van der Waals surface area (Å²) in [6.45, 7) is 2.19. The van der Waals surface area contributed by atoms with Gasteiger partial charge in [0.2, 0.25) is 0 Å². The number of benzene rings is 1. The van der Waals surface area contributed by atoms with Crippen LogP contribution in [0.25, 0.3) is 11.4 Å². The molecule has 1 heterocycles. The second-order valence-corrected chi connectivity index (χ2v) is 5.77. The number of H-pyrrole nitrogens is 1. The fourth-order valence-electron chi connectivity index (χ4n) is 3.16. The van der Waals surface area contributed by atoms with Crippen molar-refractivity contribution in [2.45, 2.75) is 44.9 Å². The third-order valence-electron chi connectivity index (χ3n) is 4.26. The first-order valence-electron chi connectivity index (χ1n) is 8.12. The van der Waals surface area contributed by atoms with Gasteiger partial charge in [0.1, 0.15) is 5.82 Å². The van der Waals surface area contributed by atoms with E-state index in [1.165, 1.54) is 19.3 Å². The molecule has 0 saturated heterocycles. The van der Waals surface area contributed by atoms with E-state index in [4.69, 9.17) is 4.74 Å². The molecule has 1 aromatic carbocycles. The maximum absolute atomic E-state index is 12.2. The molecule has 0 spiro atoms. The molecule has 22 heavy (non-hydrogen) atoms. The standard InChI is InChI=1S/C18H22N2O2/c1-2-22-18(21)16-15(13-9-5-3-6-10-13)19-17(20-16)14-11-7-4-8-12-14/h4,7-8,11-13H,2-3,5-6,9-10H2,1H3,(H,19,20). The number of imidazole rings is 1. The highest BCUT2D eigenvalue weighted by Gasteiger charge is 2.26. The SMILES string of the molecule is CCOC(=O)c1nc(-c2ccccc2)[nH]c1C1CCCCC1. The highest BCUT2D eigenvalue weighted by Crippen LogP contribution is 2.34. The van der Waals surface area contributed by atoms with E-state index >= 15 is 0 Å². The van der Waals surface area contributed by atoms with Crippen LogP contribution in [0.4, 0.5) is 0 Å². The smallest absolute Gasteiger partial charge is 0.358 e. The van der Waals surface area contributed by atoms with E-state index in [1.54, 1.807) is 0 Å². The molecular formula is C18H22N2O2. The Kier molecular flexibility index (Phi) is 4.56. The number of ether oxygens (including phenoxy) is 1. The lowest BCUT2D eigenvalue weighted by Gasteiger charge is -2.21. The lowest BCUT2D eigenvalue weighted by atomic mass is 9.86. The number of aromatic amines is 1. The van der Waals surface area contributed by atoms with Gasteiger partial charge in [-0.3, -0.25) is 0 Å². The van der Waals surface area contributed by atoms with Gasteiger partial charge in [-0.15, -0.1) is 0 Å². The zero-order valence-corrected chi connectivity index (χ0v) is 13.0. The van der Waals surface area contributed by atoms with Crippen LogP contribution in [0.3, 0.4) is 0 Å². The van der Waals surface area contributed by atoms with E-state index in [2.05, 4.69) is 9.97 Å². The molecule has 1 aromatic heterocycles. The number of rotatable bonds is 4. The number of esters is 1. The molecule has 4 nitrogen and oxygen atoms in total. The molecule has 0 radical (unpaired) electrons. The summed E-state index contributed by atoms with van der Waals surface area (Å²) < 4.78 is 5.19. The maximum Gasteiger partial charge on any atom is 0.358 e. The van der Waals surface area contributed by atoms with Gasteiger partial charge in [0.25, 0.3) is 0 Å². The molecule has 0 aliphatic heterocycles. The average molecular weight is 298 g/mol. The van der Waals surface area contributed by atoms with Gasteiger partial charge in [-0.1, -0.05) is 49.6 Å². The first-order chi connectivity index (χ1) is 10.8. The number of hydrogen-bond donors (Lipinski definition) is 1. The van der Waals surface area contributed by atoms with Crippen molar-refractivity contribution in [1.29, 1.82) is 0 Å². The average Bonchev–Trinajstić information content (AvgIpc) is 3.02. The quantitative estimate of drug-likeness (QED) is 0.856. The van der Waals surface area contributed by atoms with Crippen LogP contribution in [0.5, 0.6) is 0 Å². The lowest BCUT2D eigenvalue weighted by Crippen LogP contribution is -2.13. The van der Waals surface area contributed by atoms with Crippen LogP contribution < -0.4 is 0 Å². The van der Waals surface area contributed by atoms with Crippen molar-refractivity contribution >= 4 is 5.97 Å². The topological polar surface area (TPSA) is 55.0 Å². The Morgan fingerprint density at radius 1 is 1.23 bits per heavy atom. The minimum absolute atomic E-state index is 0.318. The number of nitrogens with zero attached hydrogens (tertiary/aromatic N) is 1. The lowest BCUT2D eigenvalue weighted by molar-refractivity contribution is 0.0518. The normalized spacial score (nSPS) is 15.7. The van der Waals surface area contributed by atoms with Gasteiger partial charge < -0.3 is 9.72 Å². The van der Waals surface area contributed by atoms with Gasteiger partial charge in [-0.2, -0.15) is 0 Å². The largest absolute Gasteiger partial charge is 0.461 e. The molecule has 116 valence electrons. The van der Waals surface area contributed by atoms with Crippen molar-refractivity contribution in [3.05, 3.63) is 41.7 Å². The van der Waals surface area contributed by atoms with Gasteiger partial charge in [0, 0.05) is 11.5 Å². The monoisotopic (exact) mass is 298 g/mol. The zero-order valence-electron chi connectivity index (χ0n) is 13.0. The van der Waals surface area contributed by atoms with Crippen molar-refractivity contribution in [2.24, 2.45) is 0 Å². The number of carbonyl (C=O) groups excluding carboxylic acids is 1. The van der Waals surface area contributed by atoms with Gasteiger partial charge in [0.15, 0.2) is 5.69 Å². The Balaban J connectivity index is 1.98. The summed E-state index contributed by atoms with van der Waals surface area (Å²) in [4.78, 5) is 20.2. The van der Waals surface area contributed by atoms with Crippen LogP contribution in [-0.4, -0.2) is 22.5 Å². The number of aromatic nitrogens is 2. The van der Waals surface area contributed by atoms with E-state index in [-0.39, 0.29) is 5.97 Å². The molecular weight excluding hydrogens is 276 g/mol. The fraction of sp³-hybridized carbons (Fsp3) is 0.444. The third kappa shape index (κ3) is 3.06. The van der Waals surface area contributed by atoms with E-state index in [9.17, 15) is 4.79 Å². The number of carbonyl (C=O) groups is 1. The maximum atomic E-state index is 12.2. The van der Waals surface area contributed by atoms with Crippen LogP contribution >= 0.6 is 0 Å². The van der Waals surface area contributed by atoms with Gasteiger partial charge in [-0.05, 0) is 19.8 Å². The van der Waals surface area contributed by atoms with Crippen molar-refractivity contribution in [3.63, 3.8) is 0 Å². The second kappa shape index (κ2) is 6.77. The summed E-state index contributed by atoms with van der Waals surface area (Å²) in [5, 5.41) is 0. The number of nitrogens with one attached hydrogen (secondary N) is 1. The van der Waals surface area contributed by atoms with E-state index in [0.29, 0.717) is 18.2 Å². The van der Waals surface area contributed by atoms with Crippen molar-refractivity contribution in [1.82, 2.24) is 9.97 Å². The minimum Gasteiger partial charge on any atom is -0.461 e. The van der Waals surface area contributed by atoms with Crippen molar-refractivity contribution in [2.75, 3.05) is 6.61 Å². The molecule has 1 N–H and O–H groups in total. The Morgan fingerprint density at radius 2 is 1.95 bits per heavy atom. The summed E-state index contributed by atoms with van der Waals surface area (Å²) in [7, 11) is 0. The molecule has 0 amide bonds. The second-order valence-electron chi connectivity index (χ2n) is 5.77. The highest BCUT2D eigenvalue weighted by atomic mass is 16.5. The Hall–Kier alpha value is -2.10. The molecule has 0 atom stereocenters. The van der Waals surface area contributed by atoms with Crippen LogP contribution in [0.15, 0.2) is 30.3 Å². The van der Waals surface area contributed by atoms with Crippen LogP contribution in [0, 0.1) is 0 Å². The molecule has 4 heteroatoms. The van der Waals surface area contributed by atoms with Gasteiger partial charge >= 0.3 is 5.97 Å². The highest BCUT2D eigenvalue weighted by molar-refractivity contribution is 5.89. The first-order valence-corrected chi connectivity index (χ1v) is 8.12.